The van der Waals surface area contributed by atoms with Gasteiger partial charge in [0.1, 0.15) is 0 Å². The molecule has 0 saturated carbocycles. The SMILES string of the molecule is CCC1CCCN(C(=O)CC2CNCCO2)C1. The molecule has 17 heavy (non-hydrogen) atoms. The van der Waals surface area contributed by atoms with Gasteiger partial charge in [0.15, 0.2) is 0 Å². The molecular formula is C13H24N2O2. The van der Waals surface area contributed by atoms with Gasteiger partial charge in [0.05, 0.1) is 19.1 Å². The lowest BCUT2D eigenvalue weighted by Crippen LogP contribution is -2.45. The third kappa shape index (κ3) is 3.68. The van der Waals surface area contributed by atoms with Crippen molar-refractivity contribution in [1.29, 1.82) is 0 Å². The van der Waals surface area contributed by atoms with E-state index in [4.69, 9.17) is 4.74 Å². The molecule has 1 N–H and O–H groups in total. The predicted molar refractivity (Wildman–Crippen MR) is 66.8 cm³/mol. The Morgan fingerprint density at radius 2 is 2.41 bits per heavy atom. The second-order valence-corrected chi connectivity index (χ2v) is 5.16. The molecule has 4 nitrogen and oxygen atoms in total. The lowest BCUT2D eigenvalue weighted by atomic mass is 9.95. The minimum absolute atomic E-state index is 0.0817. The normalized spacial score (nSPS) is 30.3. The molecular weight excluding hydrogens is 216 g/mol. The van der Waals surface area contributed by atoms with Crippen molar-refractivity contribution in [2.45, 2.75) is 38.7 Å². The van der Waals surface area contributed by atoms with Crippen LogP contribution in [-0.4, -0.2) is 49.7 Å². The largest absolute Gasteiger partial charge is 0.375 e. The number of amides is 1. The Kier molecular flexibility index (Phi) is 4.80. The first-order valence-electron chi connectivity index (χ1n) is 6.89. The van der Waals surface area contributed by atoms with Crippen molar-refractivity contribution in [1.82, 2.24) is 10.2 Å². The number of carbonyl (C=O) groups is 1. The Morgan fingerprint density at radius 1 is 1.53 bits per heavy atom. The number of hydrogen-bond donors (Lipinski definition) is 1. The van der Waals surface area contributed by atoms with Crippen LogP contribution in [0.5, 0.6) is 0 Å². The maximum absolute atomic E-state index is 12.1. The molecule has 2 atom stereocenters. The van der Waals surface area contributed by atoms with Gasteiger partial charge in [-0.05, 0) is 18.8 Å². The summed E-state index contributed by atoms with van der Waals surface area (Å²) in [6.07, 6.45) is 4.25. The van der Waals surface area contributed by atoms with Crippen molar-refractivity contribution < 1.29 is 9.53 Å². The number of carbonyl (C=O) groups excluding carboxylic acids is 1. The zero-order valence-electron chi connectivity index (χ0n) is 10.8. The number of hydrogen-bond acceptors (Lipinski definition) is 3. The smallest absolute Gasteiger partial charge is 0.225 e. The first kappa shape index (κ1) is 12.8. The summed E-state index contributed by atoms with van der Waals surface area (Å²) in [5, 5.41) is 3.27. The summed E-state index contributed by atoms with van der Waals surface area (Å²) in [4.78, 5) is 14.2. The van der Waals surface area contributed by atoms with Gasteiger partial charge >= 0.3 is 0 Å². The van der Waals surface area contributed by atoms with Crippen LogP contribution in [0.4, 0.5) is 0 Å². The quantitative estimate of drug-likeness (QED) is 0.800. The number of rotatable bonds is 3. The summed E-state index contributed by atoms with van der Waals surface area (Å²) in [6, 6.07) is 0. The Labute approximate surface area is 104 Å². The first-order chi connectivity index (χ1) is 8.29. The van der Waals surface area contributed by atoms with Crippen LogP contribution in [0.2, 0.25) is 0 Å². The number of ether oxygens (including phenoxy) is 1. The van der Waals surface area contributed by atoms with Gasteiger partial charge in [0.25, 0.3) is 0 Å². The van der Waals surface area contributed by atoms with Crippen LogP contribution in [0, 0.1) is 5.92 Å². The number of morpholine rings is 1. The molecule has 0 aliphatic carbocycles. The van der Waals surface area contributed by atoms with E-state index in [1.54, 1.807) is 0 Å². The molecule has 98 valence electrons. The number of nitrogens with zero attached hydrogens (tertiary/aromatic N) is 1. The van der Waals surface area contributed by atoms with Gasteiger partial charge in [-0.2, -0.15) is 0 Å². The Balaban J connectivity index is 1.78. The van der Waals surface area contributed by atoms with E-state index in [0.29, 0.717) is 12.3 Å². The minimum Gasteiger partial charge on any atom is -0.375 e. The zero-order valence-corrected chi connectivity index (χ0v) is 10.8. The predicted octanol–water partition coefficient (Wildman–Crippen LogP) is 1.01. The number of likely N-dealkylation sites (tertiary alicyclic amines) is 1. The summed E-state index contributed by atoms with van der Waals surface area (Å²) in [7, 11) is 0. The molecule has 0 bridgehead atoms. The van der Waals surface area contributed by atoms with Crippen LogP contribution >= 0.6 is 0 Å². The van der Waals surface area contributed by atoms with Crippen molar-refractivity contribution in [3.05, 3.63) is 0 Å². The van der Waals surface area contributed by atoms with Gasteiger partial charge in [0, 0.05) is 26.2 Å². The van der Waals surface area contributed by atoms with E-state index in [2.05, 4.69) is 12.2 Å². The van der Waals surface area contributed by atoms with Gasteiger partial charge in [-0.25, -0.2) is 0 Å². The van der Waals surface area contributed by atoms with E-state index < -0.39 is 0 Å². The molecule has 2 fully saturated rings. The molecule has 0 radical (unpaired) electrons. The lowest BCUT2D eigenvalue weighted by molar-refractivity contribution is -0.136. The molecule has 4 heteroatoms. The van der Waals surface area contributed by atoms with Crippen molar-refractivity contribution in [3.63, 3.8) is 0 Å². The molecule has 2 unspecified atom stereocenters. The van der Waals surface area contributed by atoms with Gasteiger partial charge in [-0.15, -0.1) is 0 Å². The Bertz CT molecular complexity index is 252. The average molecular weight is 240 g/mol. The molecule has 0 spiro atoms. The lowest BCUT2D eigenvalue weighted by Gasteiger charge is -2.33. The fourth-order valence-electron chi connectivity index (χ4n) is 2.70. The van der Waals surface area contributed by atoms with Crippen LogP contribution in [0.3, 0.4) is 0 Å². The maximum atomic E-state index is 12.1. The van der Waals surface area contributed by atoms with Gasteiger partial charge < -0.3 is 15.0 Å². The van der Waals surface area contributed by atoms with Crippen LogP contribution in [0.25, 0.3) is 0 Å². The summed E-state index contributed by atoms with van der Waals surface area (Å²) < 4.78 is 5.58. The van der Waals surface area contributed by atoms with Crippen LogP contribution in [0.1, 0.15) is 32.6 Å². The summed E-state index contributed by atoms with van der Waals surface area (Å²) in [5.74, 6) is 0.981. The second-order valence-electron chi connectivity index (χ2n) is 5.16. The zero-order chi connectivity index (χ0) is 12.1. The van der Waals surface area contributed by atoms with E-state index in [-0.39, 0.29) is 12.0 Å². The van der Waals surface area contributed by atoms with Crippen molar-refractivity contribution in [2.75, 3.05) is 32.8 Å². The summed E-state index contributed by atoms with van der Waals surface area (Å²) >= 11 is 0. The van der Waals surface area contributed by atoms with Crippen LogP contribution in [-0.2, 0) is 9.53 Å². The highest BCUT2D eigenvalue weighted by molar-refractivity contribution is 5.76. The molecule has 0 aromatic rings. The standard InChI is InChI=1S/C13H24N2O2/c1-2-11-4-3-6-15(10-11)13(16)8-12-9-14-5-7-17-12/h11-12,14H,2-10H2,1H3. The third-order valence-electron chi connectivity index (χ3n) is 3.86. The van der Waals surface area contributed by atoms with Gasteiger partial charge in [0.2, 0.25) is 5.91 Å². The van der Waals surface area contributed by atoms with E-state index in [1.807, 2.05) is 4.90 Å². The highest BCUT2D eigenvalue weighted by Gasteiger charge is 2.25. The molecule has 2 saturated heterocycles. The van der Waals surface area contributed by atoms with Crippen molar-refractivity contribution >= 4 is 5.91 Å². The van der Waals surface area contributed by atoms with Gasteiger partial charge in [-0.3, -0.25) is 4.79 Å². The molecule has 0 aromatic carbocycles. The van der Waals surface area contributed by atoms with Crippen molar-refractivity contribution in [3.8, 4) is 0 Å². The summed E-state index contributed by atoms with van der Waals surface area (Å²) in [6.45, 7) is 6.57. The van der Waals surface area contributed by atoms with Crippen molar-refractivity contribution in [2.24, 2.45) is 5.92 Å². The van der Waals surface area contributed by atoms with Crippen LogP contribution < -0.4 is 5.32 Å². The second kappa shape index (κ2) is 6.36. The molecule has 1 amide bonds. The monoisotopic (exact) mass is 240 g/mol. The summed E-state index contributed by atoms with van der Waals surface area (Å²) in [5.41, 5.74) is 0. The highest BCUT2D eigenvalue weighted by Crippen LogP contribution is 2.20. The molecule has 2 aliphatic rings. The van der Waals surface area contributed by atoms with E-state index >= 15 is 0 Å². The number of piperidine rings is 1. The highest BCUT2D eigenvalue weighted by atomic mass is 16.5. The average Bonchev–Trinajstić information content (AvgIpc) is 2.40. The Morgan fingerprint density at radius 3 is 3.12 bits per heavy atom. The van der Waals surface area contributed by atoms with E-state index in [1.165, 1.54) is 12.8 Å². The third-order valence-corrected chi connectivity index (χ3v) is 3.86. The molecule has 0 aromatic heterocycles. The van der Waals surface area contributed by atoms with E-state index in [9.17, 15) is 4.79 Å². The van der Waals surface area contributed by atoms with Gasteiger partial charge in [-0.1, -0.05) is 13.3 Å². The fraction of sp³-hybridized carbons (Fsp3) is 0.923. The topological polar surface area (TPSA) is 41.6 Å². The molecule has 2 rings (SSSR count). The Hall–Kier alpha value is -0.610. The van der Waals surface area contributed by atoms with Crippen LogP contribution in [0.15, 0.2) is 0 Å². The minimum atomic E-state index is 0.0817. The first-order valence-corrected chi connectivity index (χ1v) is 6.89. The maximum Gasteiger partial charge on any atom is 0.225 e. The number of nitrogens with one attached hydrogen (secondary N) is 1. The van der Waals surface area contributed by atoms with E-state index in [0.717, 1.165) is 39.2 Å². The molecule has 2 heterocycles. The fourth-order valence-corrected chi connectivity index (χ4v) is 2.70. The molecule has 2 aliphatic heterocycles.